The van der Waals surface area contributed by atoms with Gasteiger partial charge in [0, 0.05) is 30.6 Å². The number of sulfonamides is 1. The van der Waals surface area contributed by atoms with Crippen molar-refractivity contribution in [2.24, 2.45) is 0 Å². The number of methoxy groups -OCH3 is 1. The third-order valence-electron chi connectivity index (χ3n) is 6.21. The minimum Gasteiger partial charge on any atom is -0.465 e. The van der Waals surface area contributed by atoms with E-state index in [-0.39, 0.29) is 35.2 Å². The zero-order valence-electron chi connectivity index (χ0n) is 19.5. The highest BCUT2D eigenvalue weighted by Gasteiger charge is 2.30. The average Bonchev–Trinajstić information content (AvgIpc) is 3.34. The van der Waals surface area contributed by atoms with Gasteiger partial charge in [-0.2, -0.15) is 4.31 Å². The van der Waals surface area contributed by atoms with Gasteiger partial charge in [-0.25, -0.2) is 13.2 Å². The molecule has 1 atom stereocenters. The van der Waals surface area contributed by atoms with Crippen LogP contribution in [-0.2, 0) is 26.0 Å². The lowest BCUT2D eigenvalue weighted by Gasteiger charge is -2.25. The van der Waals surface area contributed by atoms with E-state index in [0.29, 0.717) is 12.2 Å². The molecule has 9 heteroatoms. The molecule has 0 saturated carbocycles. The van der Waals surface area contributed by atoms with E-state index >= 15 is 0 Å². The fraction of sp³-hybridized carbons (Fsp3) is 0.360. The molecule has 1 aliphatic heterocycles. The maximum Gasteiger partial charge on any atom is 0.337 e. The van der Waals surface area contributed by atoms with E-state index in [1.165, 1.54) is 35.7 Å². The van der Waals surface area contributed by atoms with Crippen molar-refractivity contribution in [3.05, 3.63) is 75.1 Å². The van der Waals surface area contributed by atoms with Crippen LogP contribution in [0.2, 0.25) is 0 Å². The summed E-state index contributed by atoms with van der Waals surface area (Å²) in [7, 11) is -2.71. The molecule has 2 heterocycles. The molecular formula is C25H28N2O6S. The number of fused-ring (bicyclic) bond motifs is 1. The molecule has 3 aromatic rings. The topological polar surface area (TPSA) is 106 Å². The number of nitrogens with one attached hydrogen (secondary N) is 1. The van der Waals surface area contributed by atoms with Crippen molar-refractivity contribution in [2.75, 3.05) is 20.3 Å². The minimum atomic E-state index is -3.98. The third-order valence-corrected chi connectivity index (χ3v) is 8.04. The molecular weight excluding hydrogens is 456 g/mol. The molecule has 1 fully saturated rings. The lowest BCUT2D eigenvalue weighted by molar-refractivity contribution is 0.0600. The van der Waals surface area contributed by atoms with Crippen LogP contribution in [0.15, 0.2) is 52.2 Å². The summed E-state index contributed by atoms with van der Waals surface area (Å²) in [5.41, 5.74) is 2.97. The number of hydrogen-bond acceptors (Lipinski definition) is 6. The largest absolute Gasteiger partial charge is 0.465 e. The first-order chi connectivity index (χ1) is 16.2. The van der Waals surface area contributed by atoms with Gasteiger partial charge in [0.1, 0.15) is 0 Å². The summed E-state index contributed by atoms with van der Waals surface area (Å²) >= 11 is 0. The SMILES string of the molecule is COC(=O)c1ccc(S(=O)(=O)N(Cc2cc3c(C)ccc(C)c3[nH]c2=O)C[C@@H]2CCCO2)cc1. The number of benzene rings is 2. The standard InChI is InChI=1S/C25H28N2O6S/c1-16-6-7-17(2)23-22(16)13-19(24(28)26-23)14-27(15-20-5-4-12-33-20)34(30,31)21-10-8-18(9-11-21)25(29)32-3/h6-11,13,20H,4-5,12,14-15H2,1-3H3,(H,26,28)/t20-/m0/s1. The normalized spacial score (nSPS) is 16.3. The van der Waals surface area contributed by atoms with E-state index in [0.717, 1.165) is 34.9 Å². The number of ether oxygens (including phenoxy) is 2. The van der Waals surface area contributed by atoms with Gasteiger partial charge >= 0.3 is 5.97 Å². The van der Waals surface area contributed by atoms with E-state index in [1.54, 1.807) is 6.07 Å². The fourth-order valence-corrected chi connectivity index (χ4v) is 5.67. The van der Waals surface area contributed by atoms with Gasteiger partial charge in [0.05, 0.1) is 29.2 Å². The summed E-state index contributed by atoms with van der Waals surface area (Å²) < 4.78 is 38.9. The highest BCUT2D eigenvalue weighted by atomic mass is 32.2. The van der Waals surface area contributed by atoms with Crippen LogP contribution in [0, 0.1) is 13.8 Å². The predicted octanol–water partition coefficient (Wildman–Crippen LogP) is 3.30. The van der Waals surface area contributed by atoms with Crippen LogP contribution < -0.4 is 5.56 Å². The first-order valence-corrected chi connectivity index (χ1v) is 12.6. The Morgan fingerprint density at radius 3 is 2.50 bits per heavy atom. The van der Waals surface area contributed by atoms with E-state index < -0.39 is 16.0 Å². The predicted molar refractivity (Wildman–Crippen MR) is 128 cm³/mol. The number of carbonyl (C=O) groups excluding carboxylic acids is 1. The molecule has 34 heavy (non-hydrogen) atoms. The number of aromatic amines is 1. The highest BCUT2D eigenvalue weighted by Crippen LogP contribution is 2.24. The van der Waals surface area contributed by atoms with Crippen molar-refractivity contribution in [3.63, 3.8) is 0 Å². The molecule has 0 unspecified atom stereocenters. The van der Waals surface area contributed by atoms with Crippen molar-refractivity contribution in [1.82, 2.24) is 9.29 Å². The maximum absolute atomic E-state index is 13.6. The van der Waals surface area contributed by atoms with Crippen LogP contribution >= 0.6 is 0 Å². The molecule has 2 aromatic carbocycles. The van der Waals surface area contributed by atoms with Crippen LogP contribution in [-0.4, -0.2) is 50.0 Å². The van der Waals surface area contributed by atoms with E-state index in [9.17, 15) is 18.0 Å². The summed E-state index contributed by atoms with van der Waals surface area (Å²) in [6, 6.07) is 11.3. The number of esters is 1. The zero-order chi connectivity index (χ0) is 24.5. The Bertz CT molecular complexity index is 1370. The number of rotatable bonds is 7. The molecule has 0 spiro atoms. The Labute approximate surface area is 198 Å². The lowest BCUT2D eigenvalue weighted by atomic mass is 10.0. The van der Waals surface area contributed by atoms with Crippen molar-refractivity contribution < 1.29 is 22.7 Å². The van der Waals surface area contributed by atoms with Crippen LogP contribution in [0.1, 0.15) is 39.9 Å². The van der Waals surface area contributed by atoms with Crippen molar-refractivity contribution in [3.8, 4) is 0 Å². The van der Waals surface area contributed by atoms with E-state index in [4.69, 9.17) is 4.74 Å². The number of hydrogen-bond donors (Lipinski definition) is 1. The molecule has 180 valence electrons. The Hall–Kier alpha value is -3.01. The van der Waals surface area contributed by atoms with Crippen molar-refractivity contribution in [2.45, 2.75) is 44.2 Å². The average molecular weight is 485 g/mol. The number of nitrogens with zero attached hydrogens (tertiary/aromatic N) is 1. The molecule has 8 nitrogen and oxygen atoms in total. The smallest absolute Gasteiger partial charge is 0.337 e. The first-order valence-electron chi connectivity index (χ1n) is 11.1. The summed E-state index contributed by atoms with van der Waals surface area (Å²) in [5, 5.41) is 0.881. The van der Waals surface area contributed by atoms with Gasteiger partial charge in [-0.1, -0.05) is 12.1 Å². The number of H-pyrrole nitrogens is 1. The van der Waals surface area contributed by atoms with Gasteiger partial charge in [0.25, 0.3) is 5.56 Å². The zero-order valence-corrected chi connectivity index (χ0v) is 20.3. The summed E-state index contributed by atoms with van der Waals surface area (Å²) in [6.07, 6.45) is 1.37. The monoisotopic (exact) mass is 484 g/mol. The quantitative estimate of drug-likeness (QED) is 0.516. The van der Waals surface area contributed by atoms with E-state index in [1.807, 2.05) is 26.0 Å². The second kappa shape index (κ2) is 9.69. The number of carbonyl (C=O) groups is 1. The third kappa shape index (κ3) is 4.77. The Kier molecular flexibility index (Phi) is 6.88. The maximum atomic E-state index is 13.6. The van der Waals surface area contributed by atoms with Crippen LogP contribution in [0.25, 0.3) is 10.9 Å². The second-order valence-electron chi connectivity index (χ2n) is 8.56. The molecule has 4 rings (SSSR count). The highest BCUT2D eigenvalue weighted by molar-refractivity contribution is 7.89. The Balaban J connectivity index is 1.73. The summed E-state index contributed by atoms with van der Waals surface area (Å²) in [4.78, 5) is 27.6. The van der Waals surface area contributed by atoms with Gasteiger partial charge in [0.2, 0.25) is 10.0 Å². The molecule has 1 aliphatic rings. The Morgan fingerprint density at radius 1 is 1.15 bits per heavy atom. The number of aryl methyl sites for hydroxylation is 2. The second-order valence-corrected chi connectivity index (χ2v) is 10.5. The number of aromatic nitrogens is 1. The van der Waals surface area contributed by atoms with Crippen molar-refractivity contribution >= 4 is 26.9 Å². The van der Waals surface area contributed by atoms with Gasteiger partial charge in [-0.3, -0.25) is 4.79 Å². The molecule has 0 bridgehead atoms. The molecule has 1 aromatic heterocycles. The van der Waals surface area contributed by atoms with E-state index in [2.05, 4.69) is 9.72 Å². The molecule has 0 amide bonds. The van der Waals surface area contributed by atoms with Gasteiger partial charge < -0.3 is 14.5 Å². The number of pyridine rings is 1. The minimum absolute atomic E-state index is 0.0300. The van der Waals surface area contributed by atoms with Crippen LogP contribution in [0.3, 0.4) is 0 Å². The Morgan fingerprint density at radius 2 is 1.85 bits per heavy atom. The van der Waals surface area contributed by atoms with Gasteiger partial charge in [-0.15, -0.1) is 0 Å². The van der Waals surface area contributed by atoms with Crippen molar-refractivity contribution in [1.29, 1.82) is 0 Å². The molecule has 0 radical (unpaired) electrons. The summed E-state index contributed by atoms with van der Waals surface area (Å²) in [6.45, 7) is 4.49. The molecule has 1 N–H and O–H groups in total. The molecule has 1 saturated heterocycles. The molecule has 0 aliphatic carbocycles. The van der Waals surface area contributed by atoms with Gasteiger partial charge in [-0.05, 0) is 68.1 Å². The van der Waals surface area contributed by atoms with Crippen LogP contribution in [0.5, 0.6) is 0 Å². The lowest BCUT2D eigenvalue weighted by Crippen LogP contribution is -2.38. The first kappa shape index (κ1) is 24.1. The summed E-state index contributed by atoms with van der Waals surface area (Å²) in [5.74, 6) is -0.548. The van der Waals surface area contributed by atoms with Gasteiger partial charge in [0.15, 0.2) is 0 Å². The van der Waals surface area contributed by atoms with Crippen LogP contribution in [0.4, 0.5) is 0 Å². The fourth-order valence-electron chi connectivity index (χ4n) is 4.22.